The Morgan fingerprint density at radius 1 is 1.23 bits per heavy atom. The van der Waals surface area contributed by atoms with Crippen LogP contribution in [0, 0.1) is 5.92 Å². The van der Waals surface area contributed by atoms with E-state index in [9.17, 15) is 4.79 Å². The molecule has 2 aromatic rings. The fraction of sp³-hybridized carbons (Fsp3) is 0.412. The van der Waals surface area contributed by atoms with Crippen LogP contribution >= 0.6 is 0 Å². The number of nitrogens with zero attached hydrogens (tertiary/aromatic N) is 3. The summed E-state index contributed by atoms with van der Waals surface area (Å²) in [7, 11) is 2.09. The Labute approximate surface area is 130 Å². The molecule has 0 saturated carbocycles. The highest BCUT2D eigenvalue weighted by atomic mass is 16.5. The molecule has 0 aliphatic carbocycles. The lowest BCUT2D eigenvalue weighted by molar-refractivity contribution is 0.0238. The van der Waals surface area contributed by atoms with Crippen LogP contribution in [-0.4, -0.2) is 41.4 Å². The van der Waals surface area contributed by atoms with Crippen molar-refractivity contribution in [3.63, 3.8) is 0 Å². The quantitative estimate of drug-likeness (QED) is 0.863. The molecule has 1 aliphatic heterocycles. The highest BCUT2D eigenvalue weighted by Crippen LogP contribution is 2.29. The Balaban J connectivity index is 1.89. The van der Waals surface area contributed by atoms with Gasteiger partial charge in [-0.05, 0) is 18.7 Å². The van der Waals surface area contributed by atoms with Crippen molar-refractivity contribution in [3.8, 4) is 0 Å². The maximum absolute atomic E-state index is 11.9. The van der Waals surface area contributed by atoms with Crippen LogP contribution in [0.2, 0.25) is 0 Å². The minimum absolute atomic E-state index is 0.0138. The van der Waals surface area contributed by atoms with Crippen molar-refractivity contribution in [2.45, 2.75) is 12.6 Å². The third kappa shape index (κ3) is 3.43. The maximum atomic E-state index is 11.9. The fourth-order valence-corrected chi connectivity index (χ4v) is 2.97. The van der Waals surface area contributed by atoms with Gasteiger partial charge >= 0.3 is 0 Å². The van der Waals surface area contributed by atoms with Gasteiger partial charge in [-0.2, -0.15) is 5.10 Å². The SMILES string of the molecule is CN1CCOC(c2ccccc2)C(Cn2ncccc2=O)C1. The molecule has 5 heteroatoms. The Kier molecular flexibility index (Phi) is 4.65. The van der Waals surface area contributed by atoms with Crippen LogP contribution in [0.25, 0.3) is 0 Å². The topological polar surface area (TPSA) is 47.4 Å². The van der Waals surface area contributed by atoms with E-state index in [-0.39, 0.29) is 17.6 Å². The van der Waals surface area contributed by atoms with Gasteiger partial charge in [0, 0.05) is 31.3 Å². The second-order valence-electron chi connectivity index (χ2n) is 5.77. The minimum Gasteiger partial charge on any atom is -0.372 e. The predicted molar refractivity (Wildman–Crippen MR) is 84.6 cm³/mol. The van der Waals surface area contributed by atoms with Crippen LogP contribution in [0.5, 0.6) is 0 Å². The number of hydrogen-bond donors (Lipinski definition) is 0. The van der Waals surface area contributed by atoms with Crippen molar-refractivity contribution in [1.29, 1.82) is 0 Å². The van der Waals surface area contributed by atoms with Crippen LogP contribution in [-0.2, 0) is 11.3 Å². The van der Waals surface area contributed by atoms with E-state index in [1.165, 1.54) is 4.68 Å². The Morgan fingerprint density at radius 3 is 2.82 bits per heavy atom. The van der Waals surface area contributed by atoms with Crippen LogP contribution in [0.15, 0.2) is 53.5 Å². The molecule has 0 N–H and O–H groups in total. The molecule has 1 aliphatic rings. The van der Waals surface area contributed by atoms with Crippen LogP contribution in [0.4, 0.5) is 0 Å². The lowest BCUT2D eigenvalue weighted by Crippen LogP contribution is -2.33. The van der Waals surface area contributed by atoms with Crippen molar-refractivity contribution in [2.24, 2.45) is 5.92 Å². The second kappa shape index (κ2) is 6.85. The van der Waals surface area contributed by atoms with Gasteiger partial charge in [-0.3, -0.25) is 4.79 Å². The molecule has 0 amide bonds. The second-order valence-corrected chi connectivity index (χ2v) is 5.77. The molecule has 5 nitrogen and oxygen atoms in total. The van der Waals surface area contributed by atoms with E-state index >= 15 is 0 Å². The van der Waals surface area contributed by atoms with E-state index in [4.69, 9.17) is 4.74 Å². The molecule has 1 aromatic carbocycles. The molecular weight excluding hydrogens is 278 g/mol. The van der Waals surface area contributed by atoms with Crippen molar-refractivity contribution in [3.05, 3.63) is 64.6 Å². The number of benzene rings is 1. The first kappa shape index (κ1) is 14.9. The monoisotopic (exact) mass is 299 g/mol. The Bertz CT molecular complexity index is 656. The normalized spacial score (nSPS) is 23.1. The summed E-state index contributed by atoms with van der Waals surface area (Å²) in [5.41, 5.74) is 1.09. The summed E-state index contributed by atoms with van der Waals surface area (Å²) in [5.74, 6) is 0.183. The van der Waals surface area contributed by atoms with Crippen molar-refractivity contribution in [1.82, 2.24) is 14.7 Å². The third-order valence-electron chi connectivity index (χ3n) is 4.07. The Hall–Kier alpha value is -1.98. The largest absolute Gasteiger partial charge is 0.372 e. The van der Waals surface area contributed by atoms with Gasteiger partial charge in [0.25, 0.3) is 5.56 Å². The zero-order valence-electron chi connectivity index (χ0n) is 12.8. The standard InChI is InChI=1S/C17H21N3O2/c1-19-10-11-22-17(14-6-3-2-4-7-14)15(12-19)13-20-16(21)8-5-9-18-20/h2-9,15,17H,10-13H2,1H3. The van der Waals surface area contributed by atoms with Gasteiger partial charge in [-0.25, -0.2) is 4.68 Å². The number of aromatic nitrogens is 2. The summed E-state index contributed by atoms with van der Waals surface area (Å²) >= 11 is 0. The van der Waals surface area contributed by atoms with E-state index in [0.29, 0.717) is 13.2 Å². The van der Waals surface area contributed by atoms with Gasteiger partial charge in [0.05, 0.1) is 19.3 Å². The van der Waals surface area contributed by atoms with E-state index in [1.54, 1.807) is 18.3 Å². The molecule has 0 bridgehead atoms. The summed E-state index contributed by atoms with van der Waals surface area (Å²) < 4.78 is 7.63. The van der Waals surface area contributed by atoms with Gasteiger partial charge in [0.15, 0.2) is 0 Å². The van der Waals surface area contributed by atoms with Gasteiger partial charge in [-0.15, -0.1) is 0 Å². The van der Waals surface area contributed by atoms with E-state index in [2.05, 4.69) is 29.2 Å². The van der Waals surface area contributed by atoms with Gasteiger partial charge in [-0.1, -0.05) is 30.3 Å². The molecule has 22 heavy (non-hydrogen) atoms. The highest BCUT2D eigenvalue weighted by Gasteiger charge is 2.28. The van der Waals surface area contributed by atoms with Crippen LogP contribution in [0.1, 0.15) is 11.7 Å². The maximum Gasteiger partial charge on any atom is 0.266 e. The number of hydrogen-bond acceptors (Lipinski definition) is 4. The molecule has 1 aromatic heterocycles. The Morgan fingerprint density at radius 2 is 2.05 bits per heavy atom. The molecule has 3 rings (SSSR count). The molecule has 2 atom stereocenters. The number of rotatable bonds is 3. The van der Waals surface area contributed by atoms with E-state index in [0.717, 1.165) is 18.7 Å². The summed E-state index contributed by atoms with van der Waals surface area (Å²) in [6.45, 7) is 3.03. The third-order valence-corrected chi connectivity index (χ3v) is 4.07. The van der Waals surface area contributed by atoms with Gasteiger partial charge < -0.3 is 9.64 Å². The molecule has 2 heterocycles. The summed E-state index contributed by atoms with van der Waals surface area (Å²) in [6.07, 6.45) is 1.64. The summed E-state index contributed by atoms with van der Waals surface area (Å²) in [4.78, 5) is 14.2. The van der Waals surface area contributed by atoms with Crippen LogP contribution in [0.3, 0.4) is 0 Å². The molecule has 1 fully saturated rings. The average molecular weight is 299 g/mol. The van der Waals surface area contributed by atoms with Gasteiger partial charge in [0.2, 0.25) is 0 Å². The van der Waals surface area contributed by atoms with Crippen LogP contribution < -0.4 is 5.56 Å². The molecule has 0 spiro atoms. The van der Waals surface area contributed by atoms with Crippen molar-refractivity contribution in [2.75, 3.05) is 26.7 Å². The first-order valence-corrected chi connectivity index (χ1v) is 7.61. The van der Waals surface area contributed by atoms with E-state index < -0.39 is 0 Å². The van der Waals surface area contributed by atoms with Crippen molar-refractivity contribution >= 4 is 0 Å². The molecule has 2 unspecified atom stereocenters. The van der Waals surface area contributed by atoms with Gasteiger partial charge in [0.1, 0.15) is 0 Å². The highest BCUT2D eigenvalue weighted by molar-refractivity contribution is 5.18. The first-order valence-electron chi connectivity index (χ1n) is 7.61. The lowest BCUT2D eigenvalue weighted by Gasteiger charge is -2.26. The zero-order chi connectivity index (χ0) is 15.4. The minimum atomic E-state index is -0.0683. The van der Waals surface area contributed by atoms with E-state index in [1.807, 2.05) is 18.2 Å². The zero-order valence-corrected chi connectivity index (χ0v) is 12.8. The smallest absolute Gasteiger partial charge is 0.266 e. The summed E-state index contributed by atoms with van der Waals surface area (Å²) in [6, 6.07) is 13.4. The summed E-state index contributed by atoms with van der Waals surface area (Å²) in [5, 5.41) is 4.19. The molecular formula is C17H21N3O2. The fourth-order valence-electron chi connectivity index (χ4n) is 2.97. The predicted octanol–water partition coefficient (Wildman–Crippen LogP) is 1.56. The molecule has 116 valence electrons. The molecule has 0 radical (unpaired) electrons. The molecule has 1 saturated heterocycles. The van der Waals surface area contributed by atoms with Crippen molar-refractivity contribution < 1.29 is 4.74 Å². The number of likely N-dealkylation sites (N-methyl/N-ethyl adjacent to an activating group) is 1. The first-order chi connectivity index (χ1) is 10.7. The lowest BCUT2D eigenvalue weighted by atomic mass is 9.95. The number of ether oxygens (including phenoxy) is 1. The average Bonchev–Trinajstić information content (AvgIpc) is 2.72.